The van der Waals surface area contributed by atoms with Gasteiger partial charge in [-0.25, -0.2) is 0 Å². The number of para-hydroxylation sites is 1. The van der Waals surface area contributed by atoms with Crippen LogP contribution in [0.15, 0.2) is 24.3 Å². The number of benzene rings is 1. The number of nitrogens with one attached hydrogen (secondary N) is 1. The summed E-state index contributed by atoms with van der Waals surface area (Å²) in [5, 5.41) is 2.84. The highest BCUT2D eigenvalue weighted by atomic mass is 16.5. The van der Waals surface area contributed by atoms with Crippen molar-refractivity contribution in [2.75, 3.05) is 45.9 Å². The van der Waals surface area contributed by atoms with E-state index in [4.69, 9.17) is 9.47 Å². The molecule has 1 aromatic carbocycles. The highest BCUT2D eigenvalue weighted by Crippen LogP contribution is 2.34. The van der Waals surface area contributed by atoms with Crippen molar-refractivity contribution in [3.63, 3.8) is 0 Å². The van der Waals surface area contributed by atoms with Crippen LogP contribution in [0.1, 0.15) is 36.0 Å². The molecule has 1 N–H and O–H groups in total. The first-order valence-corrected chi connectivity index (χ1v) is 10.3. The summed E-state index contributed by atoms with van der Waals surface area (Å²) >= 11 is 0. The topological polar surface area (TPSA) is 88.2 Å². The minimum absolute atomic E-state index is 0.0346. The minimum atomic E-state index is -0.539. The Morgan fingerprint density at radius 1 is 1.14 bits per heavy atom. The van der Waals surface area contributed by atoms with E-state index in [0.29, 0.717) is 63.4 Å². The Balaban J connectivity index is 1.42. The summed E-state index contributed by atoms with van der Waals surface area (Å²) in [5.41, 5.74) is -0.0608. The molecular formula is C21H27N3O5. The molecule has 1 spiro atoms. The molecule has 8 nitrogen and oxygen atoms in total. The molecule has 0 atom stereocenters. The second kappa shape index (κ2) is 8.41. The Morgan fingerprint density at radius 2 is 1.93 bits per heavy atom. The van der Waals surface area contributed by atoms with Gasteiger partial charge < -0.3 is 24.6 Å². The second-order valence-corrected chi connectivity index (χ2v) is 7.89. The molecule has 4 rings (SSSR count). The molecule has 0 unspecified atom stereocenters. The molecule has 2 fully saturated rings. The second-order valence-electron chi connectivity index (χ2n) is 7.89. The summed E-state index contributed by atoms with van der Waals surface area (Å²) in [4.78, 5) is 40.7. The number of carbonyl (C=O) groups is 3. The molecule has 0 aliphatic carbocycles. The molecular weight excluding hydrogens is 374 g/mol. The largest absolute Gasteiger partial charge is 0.484 e. The molecule has 0 saturated carbocycles. The maximum absolute atomic E-state index is 13.1. The van der Waals surface area contributed by atoms with Gasteiger partial charge in [0.15, 0.2) is 0 Å². The normalized spacial score (nSPS) is 21.0. The van der Waals surface area contributed by atoms with Crippen LogP contribution in [0.5, 0.6) is 5.75 Å². The van der Waals surface area contributed by atoms with Crippen molar-refractivity contribution in [2.24, 2.45) is 0 Å². The summed E-state index contributed by atoms with van der Waals surface area (Å²) in [6.45, 7) is 3.10. The number of hydrogen-bond acceptors (Lipinski definition) is 5. The summed E-state index contributed by atoms with van der Waals surface area (Å²) < 4.78 is 11.8. The fraction of sp³-hybridized carbons (Fsp3) is 0.571. The van der Waals surface area contributed by atoms with Gasteiger partial charge in [0.05, 0.1) is 31.9 Å². The first kappa shape index (κ1) is 19.7. The van der Waals surface area contributed by atoms with Crippen LogP contribution in [-0.2, 0) is 14.3 Å². The zero-order valence-electron chi connectivity index (χ0n) is 16.5. The number of nitrogens with zero attached hydrogens (tertiary/aromatic N) is 2. The summed E-state index contributed by atoms with van der Waals surface area (Å²) in [6.07, 6.45) is 2.80. The van der Waals surface area contributed by atoms with Crippen LogP contribution in [0.4, 0.5) is 0 Å². The van der Waals surface area contributed by atoms with Crippen LogP contribution < -0.4 is 10.1 Å². The van der Waals surface area contributed by atoms with E-state index in [0.717, 1.165) is 13.0 Å². The SMILES string of the molecule is O=C(CN1CC2(CCOCC2)Oc2ccccc2C1=O)NCCN1CCCC1=O. The lowest BCUT2D eigenvalue weighted by Gasteiger charge is -2.38. The van der Waals surface area contributed by atoms with Gasteiger partial charge in [0.2, 0.25) is 11.8 Å². The van der Waals surface area contributed by atoms with E-state index in [2.05, 4.69) is 5.32 Å². The zero-order valence-corrected chi connectivity index (χ0v) is 16.5. The highest BCUT2D eigenvalue weighted by molar-refractivity contribution is 5.99. The van der Waals surface area contributed by atoms with Crippen molar-refractivity contribution in [1.82, 2.24) is 15.1 Å². The fourth-order valence-electron chi connectivity index (χ4n) is 4.22. The monoisotopic (exact) mass is 401 g/mol. The standard InChI is InChI=1S/C21H27N3O5/c25-18(22-9-11-23-10-3-6-19(23)26)14-24-15-21(7-12-28-13-8-21)29-17-5-2-1-4-16(17)20(24)27/h1-2,4-5H,3,6-15H2,(H,22,25). The smallest absolute Gasteiger partial charge is 0.258 e. The maximum Gasteiger partial charge on any atom is 0.258 e. The average molecular weight is 401 g/mol. The molecule has 156 valence electrons. The third-order valence-corrected chi connectivity index (χ3v) is 5.82. The third kappa shape index (κ3) is 4.37. The zero-order chi connectivity index (χ0) is 20.3. The van der Waals surface area contributed by atoms with E-state index < -0.39 is 5.60 Å². The molecule has 3 amide bonds. The number of fused-ring (bicyclic) bond motifs is 1. The van der Waals surface area contributed by atoms with Crippen LogP contribution in [0.25, 0.3) is 0 Å². The first-order chi connectivity index (χ1) is 14.1. The van der Waals surface area contributed by atoms with Gasteiger partial charge in [-0.1, -0.05) is 12.1 Å². The van der Waals surface area contributed by atoms with Gasteiger partial charge in [0, 0.05) is 38.9 Å². The molecule has 3 heterocycles. The van der Waals surface area contributed by atoms with Crippen LogP contribution in [0, 0.1) is 0 Å². The van der Waals surface area contributed by atoms with E-state index in [1.165, 1.54) is 0 Å². The van der Waals surface area contributed by atoms with E-state index in [9.17, 15) is 14.4 Å². The van der Waals surface area contributed by atoms with Crippen LogP contribution in [-0.4, -0.2) is 79.1 Å². The first-order valence-electron chi connectivity index (χ1n) is 10.3. The van der Waals surface area contributed by atoms with Gasteiger partial charge in [0.25, 0.3) is 5.91 Å². The number of rotatable bonds is 5. The minimum Gasteiger partial charge on any atom is -0.484 e. The number of likely N-dealkylation sites (tertiary alicyclic amines) is 1. The molecule has 29 heavy (non-hydrogen) atoms. The number of carbonyl (C=O) groups excluding carboxylic acids is 3. The number of amides is 3. The highest BCUT2D eigenvalue weighted by Gasteiger charge is 2.42. The van der Waals surface area contributed by atoms with Gasteiger partial charge in [-0.3, -0.25) is 14.4 Å². The Morgan fingerprint density at radius 3 is 2.69 bits per heavy atom. The van der Waals surface area contributed by atoms with Crippen molar-refractivity contribution in [2.45, 2.75) is 31.3 Å². The number of ether oxygens (including phenoxy) is 2. The maximum atomic E-state index is 13.1. The van der Waals surface area contributed by atoms with Gasteiger partial charge in [-0.05, 0) is 18.6 Å². The molecule has 0 radical (unpaired) electrons. The van der Waals surface area contributed by atoms with Gasteiger partial charge in [-0.2, -0.15) is 0 Å². The Kier molecular flexibility index (Phi) is 5.71. The van der Waals surface area contributed by atoms with Crippen molar-refractivity contribution in [3.05, 3.63) is 29.8 Å². The molecule has 3 aliphatic rings. The lowest BCUT2D eigenvalue weighted by Crippen LogP contribution is -2.52. The average Bonchev–Trinajstić information content (AvgIpc) is 3.08. The Labute approximate surface area is 170 Å². The van der Waals surface area contributed by atoms with Gasteiger partial charge in [-0.15, -0.1) is 0 Å². The van der Waals surface area contributed by atoms with Crippen LogP contribution in [0.2, 0.25) is 0 Å². The summed E-state index contributed by atoms with van der Waals surface area (Å²) in [5.74, 6) is 0.271. The summed E-state index contributed by atoms with van der Waals surface area (Å²) in [6, 6.07) is 7.19. The van der Waals surface area contributed by atoms with Crippen LogP contribution >= 0.6 is 0 Å². The molecule has 2 saturated heterocycles. The molecule has 0 bridgehead atoms. The molecule has 8 heteroatoms. The predicted molar refractivity (Wildman–Crippen MR) is 105 cm³/mol. The van der Waals surface area contributed by atoms with Gasteiger partial charge >= 0.3 is 0 Å². The molecule has 3 aliphatic heterocycles. The van der Waals surface area contributed by atoms with E-state index in [1.807, 2.05) is 6.07 Å². The van der Waals surface area contributed by atoms with E-state index >= 15 is 0 Å². The van der Waals surface area contributed by atoms with Crippen LogP contribution in [0.3, 0.4) is 0 Å². The quantitative estimate of drug-likeness (QED) is 0.789. The molecule has 1 aromatic rings. The fourth-order valence-corrected chi connectivity index (χ4v) is 4.22. The number of hydrogen-bond donors (Lipinski definition) is 1. The predicted octanol–water partition coefficient (Wildman–Crippen LogP) is 0.809. The summed E-state index contributed by atoms with van der Waals surface area (Å²) in [7, 11) is 0. The van der Waals surface area contributed by atoms with E-state index in [-0.39, 0.29) is 24.3 Å². The Hall–Kier alpha value is -2.61. The van der Waals surface area contributed by atoms with Gasteiger partial charge in [0.1, 0.15) is 11.4 Å². The third-order valence-electron chi connectivity index (χ3n) is 5.82. The lowest BCUT2D eigenvalue weighted by atomic mass is 9.93. The Bertz CT molecular complexity index is 790. The van der Waals surface area contributed by atoms with E-state index in [1.54, 1.807) is 28.0 Å². The molecule has 0 aromatic heterocycles. The van der Waals surface area contributed by atoms with Crippen molar-refractivity contribution >= 4 is 17.7 Å². The van der Waals surface area contributed by atoms with Crippen molar-refractivity contribution in [1.29, 1.82) is 0 Å². The lowest BCUT2D eigenvalue weighted by molar-refractivity contribution is -0.128. The van der Waals surface area contributed by atoms with Crippen molar-refractivity contribution in [3.8, 4) is 5.75 Å². The van der Waals surface area contributed by atoms with Crippen molar-refractivity contribution < 1.29 is 23.9 Å².